The molecule has 1 atom stereocenters. The zero-order chi connectivity index (χ0) is 16.7. The lowest BCUT2D eigenvalue weighted by atomic mass is 9.97. The lowest BCUT2D eigenvalue weighted by molar-refractivity contribution is -0.914. The van der Waals surface area contributed by atoms with E-state index in [2.05, 4.69) is 53.6 Å². The number of likely N-dealkylation sites (N-methyl/N-ethyl adjacent to an activating group) is 1. The van der Waals surface area contributed by atoms with Crippen molar-refractivity contribution >= 4 is 28.4 Å². The summed E-state index contributed by atoms with van der Waals surface area (Å²) >= 11 is 0. The quantitative estimate of drug-likeness (QED) is 0.589. The monoisotopic (exact) mass is 323 g/mol. The highest BCUT2D eigenvalue weighted by Gasteiger charge is 2.26. The molecule has 1 aliphatic heterocycles. The Labute approximate surface area is 141 Å². The van der Waals surface area contributed by atoms with Crippen LogP contribution in [0.3, 0.4) is 0 Å². The van der Waals surface area contributed by atoms with E-state index in [1.54, 1.807) is 4.90 Å². The van der Waals surface area contributed by atoms with Crippen LogP contribution in [-0.4, -0.2) is 28.3 Å². The number of aromatic amines is 1. The number of hydrogen-bond acceptors (Lipinski definition) is 4. The van der Waals surface area contributed by atoms with Crippen molar-refractivity contribution in [3.05, 3.63) is 41.0 Å². The van der Waals surface area contributed by atoms with Gasteiger partial charge >= 0.3 is 0 Å². The molecule has 4 rings (SSSR count). The van der Waals surface area contributed by atoms with Crippen molar-refractivity contribution in [1.82, 2.24) is 15.2 Å². The fourth-order valence-corrected chi connectivity index (χ4v) is 3.48. The Morgan fingerprint density at radius 3 is 2.79 bits per heavy atom. The van der Waals surface area contributed by atoms with Crippen LogP contribution in [0.1, 0.15) is 23.6 Å². The van der Waals surface area contributed by atoms with E-state index in [9.17, 15) is 0 Å². The van der Waals surface area contributed by atoms with E-state index in [1.807, 2.05) is 0 Å². The van der Waals surface area contributed by atoms with Crippen LogP contribution in [0.25, 0.3) is 11.0 Å². The summed E-state index contributed by atoms with van der Waals surface area (Å²) in [5.41, 5.74) is 11.6. The second-order valence-electron chi connectivity index (χ2n) is 6.52. The van der Waals surface area contributed by atoms with Crippen molar-refractivity contribution in [2.75, 3.05) is 24.1 Å². The summed E-state index contributed by atoms with van der Waals surface area (Å²) in [7, 11) is 0. The number of rotatable bonds is 3. The molecule has 1 aromatic carbocycles. The van der Waals surface area contributed by atoms with Gasteiger partial charge in [-0.05, 0) is 31.5 Å². The summed E-state index contributed by atoms with van der Waals surface area (Å²) in [5.74, 6) is 1.52. The van der Waals surface area contributed by atoms with Crippen molar-refractivity contribution in [2.24, 2.45) is 0 Å². The van der Waals surface area contributed by atoms with Crippen molar-refractivity contribution in [1.29, 1.82) is 0 Å². The molecule has 0 saturated carbocycles. The zero-order valence-electron chi connectivity index (χ0n) is 14.1. The number of anilines is 3. The minimum absolute atomic E-state index is 0.621. The standard InChI is InChI=1S/C18H22N6/c1-3-24-9-8-13-14(10-24)17(20-12-6-4-11(2)5-7-12)21-18-15(13)16(19)22-23-18/h4-7H,3,8-10H2,1-2H3,(H4,19,20,21,22,23)/p+1. The molecule has 0 spiro atoms. The highest BCUT2D eigenvalue weighted by atomic mass is 15.2. The van der Waals surface area contributed by atoms with Gasteiger partial charge in [0.2, 0.25) is 0 Å². The van der Waals surface area contributed by atoms with E-state index in [4.69, 9.17) is 10.7 Å². The molecule has 5 N–H and O–H groups in total. The number of aryl methyl sites for hydroxylation is 1. The average Bonchev–Trinajstić information content (AvgIpc) is 2.97. The van der Waals surface area contributed by atoms with Gasteiger partial charge in [0.25, 0.3) is 0 Å². The number of nitrogens with one attached hydrogen (secondary N) is 3. The van der Waals surface area contributed by atoms with Crippen molar-refractivity contribution in [2.45, 2.75) is 26.8 Å². The smallest absolute Gasteiger partial charge is 0.185 e. The van der Waals surface area contributed by atoms with Crippen LogP contribution < -0.4 is 16.0 Å². The summed E-state index contributed by atoms with van der Waals surface area (Å²) in [4.78, 5) is 6.32. The van der Waals surface area contributed by atoms with Crippen LogP contribution in [0.4, 0.5) is 17.3 Å². The van der Waals surface area contributed by atoms with Gasteiger partial charge in [0, 0.05) is 12.1 Å². The fraction of sp³-hybridized carbons (Fsp3) is 0.333. The van der Waals surface area contributed by atoms with Crippen molar-refractivity contribution in [3.8, 4) is 0 Å². The molecule has 6 heteroatoms. The number of pyridine rings is 1. The van der Waals surface area contributed by atoms with E-state index in [0.717, 1.165) is 42.9 Å². The Morgan fingerprint density at radius 2 is 2.04 bits per heavy atom. The molecule has 2 aromatic heterocycles. The maximum Gasteiger partial charge on any atom is 0.185 e. The summed E-state index contributed by atoms with van der Waals surface area (Å²) in [6, 6.07) is 8.37. The molecule has 0 fully saturated rings. The van der Waals surface area contributed by atoms with Crippen molar-refractivity contribution in [3.63, 3.8) is 0 Å². The molecule has 124 valence electrons. The topological polar surface area (TPSA) is 84.1 Å². The molecule has 1 unspecified atom stereocenters. The number of hydrogen-bond donors (Lipinski definition) is 4. The molecule has 24 heavy (non-hydrogen) atoms. The molecule has 3 heterocycles. The molecule has 6 nitrogen and oxygen atoms in total. The molecule has 0 bridgehead atoms. The molecule has 0 radical (unpaired) electrons. The van der Waals surface area contributed by atoms with Gasteiger partial charge < -0.3 is 16.0 Å². The average molecular weight is 323 g/mol. The Morgan fingerprint density at radius 1 is 1.25 bits per heavy atom. The Balaban J connectivity index is 1.83. The van der Waals surface area contributed by atoms with E-state index >= 15 is 0 Å². The second-order valence-corrected chi connectivity index (χ2v) is 6.52. The van der Waals surface area contributed by atoms with Gasteiger partial charge in [0.15, 0.2) is 5.65 Å². The largest absolute Gasteiger partial charge is 0.384 e. The number of quaternary nitrogens is 1. The summed E-state index contributed by atoms with van der Waals surface area (Å²) in [6.07, 6.45) is 1.00. The van der Waals surface area contributed by atoms with E-state index in [0.29, 0.717) is 11.5 Å². The maximum absolute atomic E-state index is 6.10. The van der Waals surface area contributed by atoms with Gasteiger partial charge in [-0.1, -0.05) is 17.7 Å². The van der Waals surface area contributed by atoms with E-state index in [-0.39, 0.29) is 0 Å². The lowest BCUT2D eigenvalue weighted by Crippen LogP contribution is -3.11. The highest BCUT2D eigenvalue weighted by molar-refractivity contribution is 5.92. The first kappa shape index (κ1) is 15.0. The Bertz CT molecular complexity index is 881. The Hall–Kier alpha value is -2.60. The van der Waals surface area contributed by atoms with Crippen molar-refractivity contribution < 1.29 is 4.90 Å². The number of nitrogens with two attached hydrogens (primary N) is 1. The van der Waals surface area contributed by atoms with Crippen LogP contribution in [-0.2, 0) is 13.0 Å². The third-order valence-electron chi connectivity index (χ3n) is 4.91. The number of benzene rings is 1. The predicted molar refractivity (Wildman–Crippen MR) is 96.5 cm³/mol. The molecule has 1 aliphatic rings. The summed E-state index contributed by atoms with van der Waals surface area (Å²) in [6.45, 7) is 7.52. The highest BCUT2D eigenvalue weighted by Crippen LogP contribution is 2.31. The first-order valence-electron chi connectivity index (χ1n) is 8.48. The number of fused-ring (bicyclic) bond motifs is 3. The van der Waals surface area contributed by atoms with Crippen LogP contribution in [0, 0.1) is 6.92 Å². The minimum atomic E-state index is 0.621. The SMILES string of the molecule is CC[NH+]1CCc2c(c(Nc3ccc(C)cc3)nc3n[nH]c(N)c23)C1. The van der Waals surface area contributed by atoms with E-state index < -0.39 is 0 Å². The van der Waals surface area contributed by atoms with Crippen LogP contribution in [0.5, 0.6) is 0 Å². The third-order valence-corrected chi connectivity index (χ3v) is 4.91. The second kappa shape index (κ2) is 5.79. The van der Waals surface area contributed by atoms with Crippen LogP contribution in [0.15, 0.2) is 24.3 Å². The zero-order valence-corrected chi connectivity index (χ0v) is 14.1. The maximum atomic E-state index is 6.10. The Kier molecular flexibility index (Phi) is 3.61. The summed E-state index contributed by atoms with van der Waals surface area (Å²) < 4.78 is 0. The van der Waals surface area contributed by atoms with Gasteiger partial charge in [-0.25, -0.2) is 4.98 Å². The van der Waals surface area contributed by atoms with Gasteiger partial charge in [-0.2, -0.15) is 5.10 Å². The van der Waals surface area contributed by atoms with Gasteiger partial charge in [0.1, 0.15) is 18.2 Å². The number of nitrogens with zero attached hydrogens (tertiary/aromatic N) is 2. The number of nitrogen functional groups attached to an aromatic ring is 1. The molecule has 0 amide bonds. The molecular formula is C18H23N6+. The van der Waals surface area contributed by atoms with E-state index in [1.165, 1.54) is 16.7 Å². The summed E-state index contributed by atoms with van der Waals surface area (Å²) in [5, 5.41) is 11.6. The van der Waals surface area contributed by atoms with Crippen LogP contribution >= 0.6 is 0 Å². The number of H-pyrrole nitrogens is 1. The minimum Gasteiger partial charge on any atom is -0.384 e. The molecule has 0 saturated heterocycles. The van der Waals surface area contributed by atoms with Gasteiger partial charge in [0.05, 0.1) is 24.0 Å². The fourth-order valence-electron chi connectivity index (χ4n) is 3.48. The first-order chi connectivity index (χ1) is 11.7. The molecule has 3 aromatic rings. The van der Waals surface area contributed by atoms with Gasteiger partial charge in [-0.3, -0.25) is 5.10 Å². The number of aromatic nitrogens is 3. The van der Waals surface area contributed by atoms with Crippen LogP contribution in [0.2, 0.25) is 0 Å². The third kappa shape index (κ3) is 2.49. The normalized spacial score (nSPS) is 17.0. The molecular weight excluding hydrogens is 300 g/mol. The lowest BCUT2D eigenvalue weighted by Gasteiger charge is -2.27. The predicted octanol–water partition coefficient (Wildman–Crippen LogP) is 1.55. The van der Waals surface area contributed by atoms with Gasteiger partial charge in [-0.15, -0.1) is 0 Å². The first-order valence-corrected chi connectivity index (χ1v) is 8.48. The molecule has 0 aliphatic carbocycles.